The molecule has 1 unspecified atom stereocenters. The van der Waals surface area contributed by atoms with Crippen LogP contribution in [0.1, 0.15) is 12.0 Å². The molecular formula is C24H24ClF3N4O6. The maximum atomic E-state index is 13.5. The number of imide groups is 1. The molecule has 2 heterocycles. The van der Waals surface area contributed by atoms with Crippen LogP contribution in [0.15, 0.2) is 47.5 Å². The second-order valence-electron chi connectivity index (χ2n) is 8.45. The smallest absolute Gasteiger partial charge is 0.495 e. The van der Waals surface area contributed by atoms with Gasteiger partial charge in [-0.15, -0.1) is 13.2 Å². The average Bonchev–Trinajstić information content (AvgIpc) is 3.20. The van der Waals surface area contributed by atoms with Gasteiger partial charge < -0.3 is 29.1 Å². The summed E-state index contributed by atoms with van der Waals surface area (Å²) in [5, 5.41) is 9.59. The highest BCUT2D eigenvalue weighted by atomic mass is 35.5. The molecule has 0 aromatic heterocycles. The van der Waals surface area contributed by atoms with Crippen molar-refractivity contribution in [2.24, 2.45) is 4.99 Å². The summed E-state index contributed by atoms with van der Waals surface area (Å²) in [7, 11) is 2.93. The number of urea groups is 1. The van der Waals surface area contributed by atoms with Crippen LogP contribution in [0.3, 0.4) is 0 Å². The number of halogens is 4. The quantitative estimate of drug-likeness (QED) is 0.531. The Bertz CT molecular complexity index is 1240. The summed E-state index contributed by atoms with van der Waals surface area (Å²) >= 11 is 6.14. The highest BCUT2D eigenvalue weighted by molar-refractivity contribution is 6.32. The number of methoxy groups -OCH3 is 1. The molecule has 0 spiro atoms. The largest absolute Gasteiger partial charge is 0.573 e. The first-order valence-corrected chi connectivity index (χ1v) is 11.8. The Balaban J connectivity index is 1.69. The lowest BCUT2D eigenvalue weighted by Gasteiger charge is -2.41. The number of benzene rings is 2. The van der Waals surface area contributed by atoms with Crippen molar-refractivity contribution in [3.05, 3.63) is 53.1 Å². The summed E-state index contributed by atoms with van der Waals surface area (Å²) in [6, 6.07) is 8.17. The molecule has 3 amide bonds. The van der Waals surface area contributed by atoms with E-state index in [4.69, 9.17) is 21.1 Å². The van der Waals surface area contributed by atoms with Crippen LogP contribution in [0.25, 0.3) is 0 Å². The molecule has 0 saturated carbocycles. The van der Waals surface area contributed by atoms with Gasteiger partial charge >= 0.3 is 12.4 Å². The van der Waals surface area contributed by atoms with Crippen LogP contribution in [-0.4, -0.2) is 83.6 Å². The van der Waals surface area contributed by atoms with E-state index in [1.807, 2.05) is 0 Å². The Hall–Kier alpha value is -3.71. The number of amides is 3. The van der Waals surface area contributed by atoms with E-state index in [0.717, 1.165) is 17.0 Å². The molecule has 2 aromatic carbocycles. The summed E-state index contributed by atoms with van der Waals surface area (Å²) in [5.41, 5.74) is 0.659. The van der Waals surface area contributed by atoms with Crippen LogP contribution in [0, 0.1) is 0 Å². The number of likely N-dealkylation sites (N-methyl/N-ethyl adjacent to an activating group) is 1. The van der Waals surface area contributed by atoms with Crippen molar-refractivity contribution in [3.8, 4) is 17.2 Å². The van der Waals surface area contributed by atoms with Gasteiger partial charge in [-0.3, -0.25) is 9.69 Å². The number of aliphatic hydroxyl groups is 1. The van der Waals surface area contributed by atoms with Crippen molar-refractivity contribution >= 4 is 29.6 Å². The van der Waals surface area contributed by atoms with Gasteiger partial charge in [-0.25, -0.2) is 9.79 Å². The lowest BCUT2D eigenvalue weighted by molar-refractivity contribution is -0.274. The normalized spacial score (nSPS) is 19.4. The SMILES string of the molecule is COc1cc(CN2C(Oc3cccc(OC(F)(F)F)c3)=N[C@H]3C2C(=O)N(CCCO)C(=O)N3C)ccc1Cl. The summed E-state index contributed by atoms with van der Waals surface area (Å²) in [6.07, 6.45) is -5.67. The molecule has 1 saturated heterocycles. The minimum Gasteiger partial charge on any atom is -0.495 e. The Kier molecular flexibility index (Phi) is 7.88. The number of carbonyl (C=O) groups excluding carboxylic acids is 2. The molecule has 14 heteroatoms. The maximum absolute atomic E-state index is 13.5. The maximum Gasteiger partial charge on any atom is 0.573 e. The van der Waals surface area contributed by atoms with E-state index in [2.05, 4.69) is 9.73 Å². The molecule has 4 rings (SSSR count). The number of aliphatic imine (C=N–C) groups is 1. The number of alkyl halides is 3. The van der Waals surface area contributed by atoms with E-state index in [-0.39, 0.29) is 37.9 Å². The fourth-order valence-electron chi connectivity index (χ4n) is 4.18. The molecule has 2 aliphatic heterocycles. The Labute approximate surface area is 220 Å². The van der Waals surface area contributed by atoms with Crippen molar-refractivity contribution in [1.82, 2.24) is 14.7 Å². The topological polar surface area (TPSA) is 104 Å². The van der Waals surface area contributed by atoms with Crippen molar-refractivity contribution in [2.75, 3.05) is 27.3 Å². The van der Waals surface area contributed by atoms with E-state index in [1.54, 1.807) is 18.2 Å². The van der Waals surface area contributed by atoms with E-state index >= 15 is 0 Å². The van der Waals surface area contributed by atoms with Crippen LogP contribution in [0.4, 0.5) is 18.0 Å². The zero-order chi connectivity index (χ0) is 27.6. The number of rotatable bonds is 8. The third-order valence-electron chi connectivity index (χ3n) is 5.91. The number of nitrogens with zero attached hydrogens (tertiary/aromatic N) is 4. The number of amidine groups is 1. The van der Waals surface area contributed by atoms with Gasteiger partial charge in [0.25, 0.3) is 11.9 Å². The van der Waals surface area contributed by atoms with Crippen molar-refractivity contribution < 1.29 is 42.1 Å². The van der Waals surface area contributed by atoms with Crippen LogP contribution in [-0.2, 0) is 11.3 Å². The first kappa shape index (κ1) is 27.3. The lowest BCUT2D eigenvalue weighted by atomic mass is 10.1. The summed E-state index contributed by atoms with van der Waals surface area (Å²) in [4.78, 5) is 34.6. The van der Waals surface area contributed by atoms with Crippen molar-refractivity contribution in [1.29, 1.82) is 0 Å². The zero-order valence-electron chi connectivity index (χ0n) is 20.3. The van der Waals surface area contributed by atoms with Crippen LogP contribution < -0.4 is 14.2 Å². The number of aliphatic hydroxyl groups excluding tert-OH is 1. The standard InChI is InChI=1S/C24H24ClF3N4O6/c1-30-20-19(21(34)31(23(30)35)9-4-10-33)32(13-14-7-8-17(25)18(11-14)36-2)22(29-20)37-15-5-3-6-16(12-15)38-24(26,27)28/h3,5-8,11-12,19-20,33H,4,9-10,13H2,1-2H3/t19?,20-/m1/s1. The minimum atomic E-state index is -4.90. The summed E-state index contributed by atoms with van der Waals surface area (Å²) < 4.78 is 53.2. The molecule has 2 aliphatic rings. The van der Waals surface area contributed by atoms with Gasteiger partial charge in [0.15, 0.2) is 12.2 Å². The molecule has 2 atom stereocenters. The number of carbonyl (C=O) groups is 2. The van der Waals surface area contributed by atoms with E-state index in [0.29, 0.717) is 16.3 Å². The number of ether oxygens (including phenoxy) is 3. The molecule has 1 fully saturated rings. The molecule has 0 aliphatic carbocycles. The second-order valence-corrected chi connectivity index (χ2v) is 8.86. The number of hydrogen-bond acceptors (Lipinski definition) is 8. The Morgan fingerprint density at radius 2 is 1.87 bits per heavy atom. The lowest BCUT2D eigenvalue weighted by Crippen LogP contribution is -2.65. The van der Waals surface area contributed by atoms with Gasteiger partial charge in [0.2, 0.25) is 0 Å². The monoisotopic (exact) mass is 556 g/mol. The Morgan fingerprint density at radius 3 is 2.55 bits per heavy atom. The van der Waals surface area contributed by atoms with E-state index in [9.17, 15) is 27.9 Å². The molecule has 1 N–H and O–H groups in total. The van der Waals surface area contributed by atoms with Crippen LogP contribution in [0.5, 0.6) is 17.2 Å². The number of fused-ring (bicyclic) bond motifs is 1. The minimum absolute atomic E-state index is 0.00263. The van der Waals surface area contributed by atoms with Crippen LogP contribution >= 0.6 is 11.6 Å². The van der Waals surface area contributed by atoms with Crippen molar-refractivity contribution in [2.45, 2.75) is 31.5 Å². The molecule has 0 radical (unpaired) electrons. The van der Waals surface area contributed by atoms with Gasteiger partial charge in [-0.05, 0) is 36.2 Å². The number of hydrogen-bond donors (Lipinski definition) is 1. The van der Waals surface area contributed by atoms with E-state index < -0.39 is 36.3 Å². The highest BCUT2D eigenvalue weighted by Gasteiger charge is 2.52. The highest BCUT2D eigenvalue weighted by Crippen LogP contribution is 2.33. The average molecular weight is 557 g/mol. The van der Waals surface area contributed by atoms with Crippen LogP contribution in [0.2, 0.25) is 5.02 Å². The zero-order valence-corrected chi connectivity index (χ0v) is 21.1. The third kappa shape index (κ3) is 5.73. The second kappa shape index (κ2) is 11.0. The fourth-order valence-corrected chi connectivity index (χ4v) is 4.37. The third-order valence-corrected chi connectivity index (χ3v) is 6.22. The van der Waals surface area contributed by atoms with Gasteiger partial charge in [0.05, 0.1) is 12.1 Å². The fraction of sp³-hybridized carbons (Fsp3) is 0.375. The molecular weight excluding hydrogens is 533 g/mol. The van der Waals surface area contributed by atoms with Gasteiger partial charge in [0, 0.05) is 32.8 Å². The van der Waals surface area contributed by atoms with Gasteiger partial charge in [-0.1, -0.05) is 23.7 Å². The first-order chi connectivity index (χ1) is 18.0. The van der Waals surface area contributed by atoms with Gasteiger partial charge in [-0.2, -0.15) is 0 Å². The predicted octanol–water partition coefficient (Wildman–Crippen LogP) is 3.47. The predicted molar refractivity (Wildman–Crippen MR) is 129 cm³/mol. The Morgan fingerprint density at radius 1 is 1.13 bits per heavy atom. The summed E-state index contributed by atoms with van der Waals surface area (Å²) in [5.74, 6) is -0.688. The molecule has 38 heavy (non-hydrogen) atoms. The van der Waals surface area contributed by atoms with E-state index in [1.165, 1.54) is 36.1 Å². The summed E-state index contributed by atoms with van der Waals surface area (Å²) in [6.45, 7) is -0.157. The molecule has 0 bridgehead atoms. The molecule has 2 aromatic rings. The molecule has 10 nitrogen and oxygen atoms in total. The molecule has 204 valence electrons. The van der Waals surface area contributed by atoms with Crippen molar-refractivity contribution in [3.63, 3.8) is 0 Å². The first-order valence-electron chi connectivity index (χ1n) is 11.4. The van der Waals surface area contributed by atoms with Gasteiger partial charge in [0.1, 0.15) is 17.2 Å².